The third-order valence-corrected chi connectivity index (χ3v) is 4.68. The first-order chi connectivity index (χ1) is 16.5. The molecule has 0 saturated carbocycles. The van der Waals surface area contributed by atoms with E-state index in [1.807, 2.05) is 0 Å². The first-order valence-corrected chi connectivity index (χ1v) is 10.7. The van der Waals surface area contributed by atoms with Gasteiger partial charge in [0.15, 0.2) is 5.96 Å². The lowest BCUT2D eigenvalue weighted by Crippen LogP contribution is -2.55. The van der Waals surface area contributed by atoms with Gasteiger partial charge in [0.25, 0.3) is 0 Å². The summed E-state index contributed by atoms with van der Waals surface area (Å²) < 4.78 is 0. The Labute approximate surface area is 201 Å². The number of nitrogens with zero attached hydrogens (tertiary/aromatic N) is 1. The van der Waals surface area contributed by atoms with Gasteiger partial charge in [-0.2, -0.15) is 0 Å². The summed E-state index contributed by atoms with van der Waals surface area (Å²) in [6.07, 6.45) is 0.136. The summed E-state index contributed by atoms with van der Waals surface area (Å²) in [5.41, 5.74) is 21.9. The van der Waals surface area contributed by atoms with Crippen LogP contribution >= 0.6 is 0 Å². The van der Waals surface area contributed by atoms with E-state index in [4.69, 9.17) is 22.9 Å². The van der Waals surface area contributed by atoms with E-state index in [-0.39, 0.29) is 18.8 Å². The summed E-state index contributed by atoms with van der Waals surface area (Å²) in [6, 6.07) is 5.01. The maximum atomic E-state index is 12.7. The van der Waals surface area contributed by atoms with Crippen LogP contribution in [0.15, 0.2) is 35.3 Å². The number of aliphatic imine (C=N–C) groups is 1. The van der Waals surface area contributed by atoms with Crippen LogP contribution in [0.5, 0.6) is 0 Å². The lowest BCUT2D eigenvalue weighted by molar-refractivity contribution is -0.143. The van der Waals surface area contributed by atoms with Gasteiger partial charge >= 0.3 is 5.97 Å². The molecule has 0 saturated heterocycles. The molecule has 0 aliphatic heterocycles. The molecule has 4 amide bonds. The van der Waals surface area contributed by atoms with Gasteiger partial charge in [-0.25, -0.2) is 4.79 Å². The summed E-state index contributed by atoms with van der Waals surface area (Å²) in [5, 5.41) is 16.3. The summed E-state index contributed by atoms with van der Waals surface area (Å²) in [5.74, 6) is -4.57. The quantitative estimate of drug-likeness (QED) is 0.0690. The Bertz CT molecular complexity index is 920. The number of carbonyl (C=O) groups is 5. The van der Waals surface area contributed by atoms with Crippen LogP contribution in [-0.4, -0.2) is 71.9 Å². The standard InChI is InChI=1S/C21H32N8O6/c22-13(7-4-8-26-21(24)25)18(32)27-11-17(31)28-14(9-12-5-2-1-3-6-12)19(33)29-15(20(34)35)10-16(23)30/h1-3,5-6,13-15H,4,7-11,22H2,(H2,23,30)(H,27,32)(H,28,31)(H,29,33)(H,34,35)(H4,24,25,26). The van der Waals surface area contributed by atoms with Crippen molar-refractivity contribution in [3.8, 4) is 0 Å². The van der Waals surface area contributed by atoms with E-state index in [1.165, 1.54) is 0 Å². The molecule has 1 rings (SSSR count). The van der Waals surface area contributed by atoms with Crippen molar-refractivity contribution in [3.63, 3.8) is 0 Å². The number of hydrogen-bond donors (Lipinski definition) is 8. The van der Waals surface area contributed by atoms with Crippen molar-refractivity contribution in [3.05, 3.63) is 35.9 Å². The van der Waals surface area contributed by atoms with Crippen molar-refractivity contribution in [1.29, 1.82) is 0 Å². The molecule has 14 heteroatoms. The molecule has 0 aliphatic rings. The molecule has 1 aromatic rings. The van der Waals surface area contributed by atoms with Crippen molar-refractivity contribution >= 4 is 35.6 Å². The molecule has 192 valence electrons. The van der Waals surface area contributed by atoms with Gasteiger partial charge in [0.1, 0.15) is 12.1 Å². The number of amides is 4. The lowest BCUT2D eigenvalue weighted by Gasteiger charge is -2.21. The van der Waals surface area contributed by atoms with Crippen molar-refractivity contribution < 1.29 is 29.1 Å². The van der Waals surface area contributed by atoms with Gasteiger partial charge in [-0.3, -0.25) is 24.2 Å². The number of benzene rings is 1. The van der Waals surface area contributed by atoms with Crippen molar-refractivity contribution in [2.24, 2.45) is 27.9 Å². The molecule has 14 nitrogen and oxygen atoms in total. The van der Waals surface area contributed by atoms with E-state index in [0.717, 1.165) is 0 Å². The molecule has 0 aliphatic carbocycles. The van der Waals surface area contributed by atoms with Crippen LogP contribution in [0.25, 0.3) is 0 Å². The maximum absolute atomic E-state index is 12.7. The SMILES string of the molecule is NC(=O)CC(NC(=O)C(Cc1ccccc1)NC(=O)CNC(=O)C(N)CCCN=C(N)N)C(=O)O. The minimum Gasteiger partial charge on any atom is -0.480 e. The van der Waals surface area contributed by atoms with Gasteiger partial charge in [0.2, 0.25) is 23.6 Å². The Morgan fingerprint density at radius 2 is 1.60 bits per heavy atom. The van der Waals surface area contributed by atoms with Crippen LogP contribution in [0.3, 0.4) is 0 Å². The largest absolute Gasteiger partial charge is 0.480 e. The highest BCUT2D eigenvalue weighted by molar-refractivity contribution is 5.93. The number of hydrogen-bond acceptors (Lipinski definition) is 7. The van der Waals surface area contributed by atoms with Gasteiger partial charge in [-0.05, 0) is 18.4 Å². The van der Waals surface area contributed by atoms with Crippen molar-refractivity contribution in [2.45, 2.75) is 43.8 Å². The molecule has 35 heavy (non-hydrogen) atoms. The minimum absolute atomic E-state index is 0.0274. The van der Waals surface area contributed by atoms with E-state index in [0.29, 0.717) is 18.5 Å². The van der Waals surface area contributed by atoms with Crippen LogP contribution in [-0.2, 0) is 30.4 Å². The maximum Gasteiger partial charge on any atom is 0.326 e. The topological polar surface area (TPSA) is 258 Å². The predicted octanol–water partition coefficient (Wildman–Crippen LogP) is -3.34. The summed E-state index contributed by atoms with van der Waals surface area (Å²) in [6.45, 7) is -0.171. The van der Waals surface area contributed by atoms with Gasteiger partial charge in [0.05, 0.1) is 19.0 Å². The average Bonchev–Trinajstić information content (AvgIpc) is 2.79. The molecular formula is C21H32N8O6. The van der Waals surface area contributed by atoms with E-state index in [1.54, 1.807) is 30.3 Å². The van der Waals surface area contributed by atoms with Crippen LogP contribution in [0.4, 0.5) is 0 Å². The number of guanidine groups is 1. The molecule has 12 N–H and O–H groups in total. The number of nitrogens with one attached hydrogen (secondary N) is 3. The third-order valence-electron chi connectivity index (χ3n) is 4.68. The summed E-state index contributed by atoms with van der Waals surface area (Å²) >= 11 is 0. The van der Waals surface area contributed by atoms with Gasteiger partial charge in [0, 0.05) is 13.0 Å². The molecular weight excluding hydrogens is 460 g/mol. The molecule has 0 spiro atoms. The highest BCUT2D eigenvalue weighted by Crippen LogP contribution is 2.05. The van der Waals surface area contributed by atoms with Crippen LogP contribution in [0, 0.1) is 0 Å². The fourth-order valence-corrected chi connectivity index (χ4v) is 2.93. The zero-order valence-corrected chi connectivity index (χ0v) is 19.1. The molecule has 0 aromatic heterocycles. The molecule has 3 unspecified atom stereocenters. The number of carboxylic acid groups (broad SMARTS) is 1. The Morgan fingerprint density at radius 1 is 0.943 bits per heavy atom. The Kier molecular flexibility index (Phi) is 12.2. The number of nitrogens with two attached hydrogens (primary N) is 4. The lowest BCUT2D eigenvalue weighted by atomic mass is 10.0. The van der Waals surface area contributed by atoms with E-state index >= 15 is 0 Å². The fourth-order valence-electron chi connectivity index (χ4n) is 2.93. The highest BCUT2D eigenvalue weighted by atomic mass is 16.4. The van der Waals surface area contributed by atoms with Crippen LogP contribution in [0.1, 0.15) is 24.8 Å². The summed E-state index contributed by atoms with van der Waals surface area (Å²) in [4.78, 5) is 63.5. The molecule has 1 aromatic carbocycles. The molecule has 0 fully saturated rings. The zero-order chi connectivity index (χ0) is 26.4. The number of primary amides is 1. The summed E-state index contributed by atoms with van der Waals surface area (Å²) in [7, 11) is 0. The second-order valence-corrected chi connectivity index (χ2v) is 7.65. The Morgan fingerprint density at radius 3 is 2.17 bits per heavy atom. The number of carbonyl (C=O) groups excluding carboxylic acids is 4. The normalized spacial score (nSPS) is 12.9. The first-order valence-electron chi connectivity index (χ1n) is 10.7. The number of aliphatic carboxylic acids is 1. The zero-order valence-electron chi connectivity index (χ0n) is 19.1. The minimum atomic E-state index is -1.56. The number of carboxylic acids is 1. The monoisotopic (exact) mass is 492 g/mol. The Balaban J connectivity index is 2.74. The van der Waals surface area contributed by atoms with Gasteiger partial charge < -0.3 is 44.0 Å². The Hall–Kier alpha value is -4.20. The molecule has 0 radical (unpaired) electrons. The third kappa shape index (κ3) is 12.0. The smallest absolute Gasteiger partial charge is 0.326 e. The van der Waals surface area contributed by atoms with Crippen LogP contribution in [0.2, 0.25) is 0 Å². The van der Waals surface area contributed by atoms with Crippen molar-refractivity contribution in [1.82, 2.24) is 16.0 Å². The van der Waals surface area contributed by atoms with Gasteiger partial charge in [-0.1, -0.05) is 30.3 Å². The second-order valence-electron chi connectivity index (χ2n) is 7.65. The number of rotatable bonds is 15. The van der Waals surface area contributed by atoms with Gasteiger partial charge in [-0.15, -0.1) is 0 Å². The van der Waals surface area contributed by atoms with Crippen molar-refractivity contribution in [2.75, 3.05) is 13.1 Å². The molecule has 0 bridgehead atoms. The van der Waals surface area contributed by atoms with Crippen LogP contribution < -0.4 is 38.9 Å². The first kappa shape index (κ1) is 28.8. The molecule has 3 atom stereocenters. The van der Waals surface area contributed by atoms with E-state index in [9.17, 15) is 29.1 Å². The molecule has 0 heterocycles. The average molecular weight is 493 g/mol. The predicted molar refractivity (Wildman–Crippen MR) is 126 cm³/mol. The highest BCUT2D eigenvalue weighted by Gasteiger charge is 2.28. The fraction of sp³-hybridized carbons (Fsp3) is 0.429. The van der Waals surface area contributed by atoms with E-state index in [2.05, 4.69) is 20.9 Å². The second kappa shape index (κ2) is 14.8. The van der Waals surface area contributed by atoms with E-state index < -0.39 is 60.7 Å².